The molecule has 7 heteroatoms. The number of nitrogens with zero attached hydrogens (tertiary/aromatic N) is 4. The van der Waals surface area contributed by atoms with Gasteiger partial charge in [-0.15, -0.1) is 0 Å². The first-order valence-electron chi connectivity index (χ1n) is 19.2. The maximum atomic E-state index is 6.64. The molecule has 0 aliphatic heterocycles. The first-order chi connectivity index (χ1) is 28.7. The van der Waals surface area contributed by atoms with Gasteiger partial charge in [0.15, 0.2) is 17.5 Å². The van der Waals surface area contributed by atoms with Crippen LogP contribution < -0.4 is 4.90 Å². The van der Waals surface area contributed by atoms with Gasteiger partial charge in [-0.3, -0.25) is 0 Å². The molecule has 0 radical (unpaired) electrons. The molecule has 0 spiro atoms. The molecule has 0 saturated heterocycles. The number of hydrogen-bond acceptors (Lipinski definition) is 7. The van der Waals surface area contributed by atoms with Crippen molar-refractivity contribution in [1.82, 2.24) is 15.0 Å². The molecule has 0 aliphatic carbocycles. The first kappa shape index (κ1) is 32.2. The second kappa shape index (κ2) is 12.8. The summed E-state index contributed by atoms with van der Waals surface area (Å²) in [7, 11) is 0. The third-order valence-corrected chi connectivity index (χ3v) is 10.9. The Morgan fingerprint density at radius 3 is 1.22 bits per heavy atom. The summed E-state index contributed by atoms with van der Waals surface area (Å²) in [5.41, 5.74) is 10.3. The maximum absolute atomic E-state index is 6.64. The molecule has 4 aromatic heterocycles. The molecule has 0 aliphatic rings. The van der Waals surface area contributed by atoms with Gasteiger partial charge in [-0.05, 0) is 84.9 Å². The van der Waals surface area contributed by atoms with Gasteiger partial charge in [0.05, 0.1) is 11.1 Å². The van der Waals surface area contributed by atoms with E-state index in [1.54, 1.807) is 0 Å². The van der Waals surface area contributed by atoms with Crippen LogP contribution in [0.1, 0.15) is 0 Å². The van der Waals surface area contributed by atoms with Gasteiger partial charge < -0.3 is 18.2 Å². The van der Waals surface area contributed by atoms with Gasteiger partial charge in [0.25, 0.3) is 0 Å². The molecule has 12 rings (SSSR count). The van der Waals surface area contributed by atoms with E-state index >= 15 is 0 Å². The Hall–Kier alpha value is -8.03. The van der Waals surface area contributed by atoms with Crippen molar-refractivity contribution in [2.45, 2.75) is 0 Å². The van der Waals surface area contributed by atoms with Gasteiger partial charge in [0.2, 0.25) is 0 Å². The number of fused-ring (bicyclic) bond motifs is 9. The van der Waals surface area contributed by atoms with E-state index in [1.165, 1.54) is 0 Å². The van der Waals surface area contributed by atoms with Crippen LogP contribution in [0.5, 0.6) is 0 Å². The average Bonchev–Trinajstić information content (AvgIpc) is 3.97. The van der Waals surface area contributed by atoms with Crippen LogP contribution in [0.25, 0.3) is 100.0 Å². The number of hydrogen-bond donors (Lipinski definition) is 0. The highest BCUT2D eigenvalue weighted by Crippen LogP contribution is 2.43. The lowest BCUT2D eigenvalue weighted by atomic mass is 10.1. The van der Waals surface area contributed by atoms with E-state index in [-0.39, 0.29) is 0 Å². The minimum absolute atomic E-state index is 0.521. The van der Waals surface area contributed by atoms with E-state index < -0.39 is 0 Å². The predicted octanol–water partition coefficient (Wildman–Crippen LogP) is 14.0. The Labute approximate surface area is 331 Å². The van der Waals surface area contributed by atoms with Crippen molar-refractivity contribution in [2.24, 2.45) is 0 Å². The van der Waals surface area contributed by atoms with E-state index in [1.807, 2.05) is 91.0 Å². The zero-order valence-electron chi connectivity index (χ0n) is 30.8. The lowest BCUT2D eigenvalue weighted by molar-refractivity contribution is 0.668. The van der Waals surface area contributed by atoms with E-state index in [4.69, 9.17) is 28.2 Å². The van der Waals surface area contributed by atoms with E-state index in [2.05, 4.69) is 95.9 Å². The first-order valence-corrected chi connectivity index (χ1v) is 19.2. The summed E-state index contributed by atoms with van der Waals surface area (Å²) in [6.07, 6.45) is 0. The summed E-state index contributed by atoms with van der Waals surface area (Å²) in [5.74, 6) is 1.58. The molecule has 272 valence electrons. The number of furan rings is 3. The van der Waals surface area contributed by atoms with E-state index in [0.717, 1.165) is 99.6 Å². The highest BCUT2D eigenvalue weighted by atomic mass is 16.3. The van der Waals surface area contributed by atoms with Crippen LogP contribution in [0.15, 0.2) is 195 Å². The largest absolute Gasteiger partial charge is 0.456 e. The Kier molecular flexibility index (Phi) is 7.09. The summed E-state index contributed by atoms with van der Waals surface area (Å²) in [6.45, 7) is 0. The fraction of sp³-hybridized carbons (Fsp3) is 0. The van der Waals surface area contributed by atoms with Gasteiger partial charge in [0.1, 0.15) is 33.5 Å². The normalized spacial score (nSPS) is 11.8. The third-order valence-electron chi connectivity index (χ3n) is 10.9. The summed E-state index contributed by atoms with van der Waals surface area (Å²) >= 11 is 0. The second-order valence-corrected chi connectivity index (χ2v) is 14.4. The molecule has 0 atom stereocenters. The standard InChI is InChI=1S/C51H30N4O3/c1-3-12-34(13-4-1)55(35-14-5-2-6-15-35)41-18-11-21-44-48(41)40-27-24-33(30-47(40)58-44)51-53-49(31-22-25-38-36-16-7-9-19-42(36)56-45(38)28-31)52-50(54-51)32-23-26-39-37-17-8-10-20-43(37)57-46(39)29-32/h1-30H. The highest BCUT2D eigenvalue weighted by Gasteiger charge is 2.21. The van der Waals surface area contributed by atoms with Gasteiger partial charge in [-0.1, -0.05) is 97.1 Å². The molecule has 7 nitrogen and oxygen atoms in total. The monoisotopic (exact) mass is 746 g/mol. The van der Waals surface area contributed by atoms with Crippen molar-refractivity contribution in [3.05, 3.63) is 182 Å². The van der Waals surface area contributed by atoms with Crippen molar-refractivity contribution < 1.29 is 13.3 Å². The topological polar surface area (TPSA) is 81.3 Å². The van der Waals surface area contributed by atoms with Crippen molar-refractivity contribution in [3.63, 3.8) is 0 Å². The smallest absolute Gasteiger partial charge is 0.164 e. The van der Waals surface area contributed by atoms with Crippen LogP contribution in [0.2, 0.25) is 0 Å². The number of rotatable bonds is 6. The Morgan fingerprint density at radius 1 is 0.310 bits per heavy atom. The Balaban J connectivity index is 1.03. The molecule has 0 saturated carbocycles. The van der Waals surface area contributed by atoms with Gasteiger partial charge in [-0.25, -0.2) is 15.0 Å². The van der Waals surface area contributed by atoms with Gasteiger partial charge >= 0.3 is 0 Å². The molecular weight excluding hydrogens is 717 g/mol. The van der Waals surface area contributed by atoms with Crippen LogP contribution in [0.3, 0.4) is 0 Å². The summed E-state index contributed by atoms with van der Waals surface area (Å²) < 4.78 is 19.2. The number of benzene rings is 8. The molecule has 58 heavy (non-hydrogen) atoms. The minimum Gasteiger partial charge on any atom is -0.456 e. The number of aromatic nitrogens is 3. The Morgan fingerprint density at radius 2 is 0.707 bits per heavy atom. The van der Waals surface area contributed by atoms with Crippen LogP contribution in [0, 0.1) is 0 Å². The summed E-state index contributed by atoms with van der Waals surface area (Å²) in [6, 6.07) is 61.6. The molecule has 0 unspecified atom stereocenters. The summed E-state index contributed by atoms with van der Waals surface area (Å²) in [5, 5.41) is 6.23. The molecule has 0 fully saturated rings. The molecular formula is C51H30N4O3. The zero-order chi connectivity index (χ0) is 38.2. The van der Waals surface area contributed by atoms with Crippen LogP contribution in [-0.2, 0) is 0 Å². The van der Waals surface area contributed by atoms with Gasteiger partial charge in [0, 0.05) is 55.0 Å². The molecule has 0 bridgehead atoms. The van der Waals surface area contributed by atoms with Gasteiger partial charge in [-0.2, -0.15) is 0 Å². The average molecular weight is 747 g/mol. The van der Waals surface area contributed by atoms with Crippen molar-refractivity contribution in [1.29, 1.82) is 0 Å². The van der Waals surface area contributed by atoms with Crippen molar-refractivity contribution in [3.8, 4) is 34.2 Å². The molecule has 0 amide bonds. The SMILES string of the molecule is c1ccc(N(c2ccccc2)c2cccc3oc4cc(-c5nc(-c6ccc7c(c6)oc6ccccc67)nc(-c6ccc7c(c6)oc6ccccc67)n5)ccc4c23)cc1. The van der Waals surface area contributed by atoms with Crippen molar-refractivity contribution >= 4 is 82.9 Å². The van der Waals surface area contributed by atoms with E-state index in [9.17, 15) is 0 Å². The van der Waals surface area contributed by atoms with Crippen molar-refractivity contribution in [2.75, 3.05) is 4.90 Å². The molecule has 8 aromatic carbocycles. The second-order valence-electron chi connectivity index (χ2n) is 14.4. The zero-order valence-corrected chi connectivity index (χ0v) is 30.8. The number of para-hydroxylation sites is 4. The molecule has 4 heterocycles. The lowest BCUT2D eigenvalue weighted by Crippen LogP contribution is -2.09. The summed E-state index contributed by atoms with van der Waals surface area (Å²) in [4.78, 5) is 17.6. The highest BCUT2D eigenvalue weighted by molar-refractivity contribution is 6.14. The quantitative estimate of drug-likeness (QED) is 0.168. The Bertz CT molecular complexity index is 3360. The lowest BCUT2D eigenvalue weighted by Gasteiger charge is -2.26. The molecule has 0 N–H and O–H groups in total. The van der Waals surface area contributed by atoms with Crippen LogP contribution in [-0.4, -0.2) is 15.0 Å². The molecule has 12 aromatic rings. The predicted molar refractivity (Wildman–Crippen MR) is 233 cm³/mol. The fourth-order valence-electron chi connectivity index (χ4n) is 8.21. The van der Waals surface area contributed by atoms with Crippen LogP contribution in [0.4, 0.5) is 17.1 Å². The van der Waals surface area contributed by atoms with Crippen LogP contribution >= 0.6 is 0 Å². The minimum atomic E-state index is 0.521. The fourth-order valence-corrected chi connectivity index (χ4v) is 8.21. The number of anilines is 3. The van der Waals surface area contributed by atoms with E-state index in [0.29, 0.717) is 17.5 Å². The maximum Gasteiger partial charge on any atom is 0.164 e. The third kappa shape index (κ3) is 5.18.